The first kappa shape index (κ1) is 40.4. The smallest absolute Gasteiger partial charge is 0.135 e. The molecule has 0 saturated carbocycles. The Morgan fingerprint density at radius 2 is 0.854 bits per heavy atom. The Morgan fingerprint density at radius 1 is 0.512 bits per heavy atom. The molecule has 1 unspecified atom stereocenters. The van der Waals surface area contributed by atoms with E-state index in [1.165, 1.54) is 0 Å². The molecule has 41 heavy (non-hydrogen) atoms. The van der Waals surface area contributed by atoms with Gasteiger partial charge in [0.1, 0.15) is 5.78 Å². The van der Waals surface area contributed by atoms with Gasteiger partial charge in [-0.05, 0) is 59.8 Å². The summed E-state index contributed by atoms with van der Waals surface area (Å²) in [5.41, 5.74) is -0.761. The fourth-order valence-electron chi connectivity index (χ4n) is 4.30. The van der Waals surface area contributed by atoms with Gasteiger partial charge in [0.2, 0.25) is 0 Å². The van der Waals surface area contributed by atoms with Gasteiger partial charge in [-0.25, -0.2) is 0 Å². The molecule has 0 aromatic heterocycles. The zero-order valence-electron chi connectivity index (χ0n) is 27.6. The van der Waals surface area contributed by atoms with Gasteiger partial charge in [-0.1, -0.05) is 20.8 Å². The van der Waals surface area contributed by atoms with Crippen molar-refractivity contribution >= 4 is 5.78 Å². The summed E-state index contributed by atoms with van der Waals surface area (Å²) in [7, 11) is 0. The molecule has 0 aliphatic heterocycles. The highest BCUT2D eigenvalue weighted by atomic mass is 16.5. The molecule has 246 valence electrons. The summed E-state index contributed by atoms with van der Waals surface area (Å²) in [6, 6.07) is 0. The molecule has 0 aromatic carbocycles. The van der Waals surface area contributed by atoms with Crippen molar-refractivity contribution in [2.24, 2.45) is 16.7 Å². The molecule has 0 saturated heterocycles. The van der Waals surface area contributed by atoms with Crippen molar-refractivity contribution < 1.29 is 42.7 Å². The molecule has 9 nitrogen and oxygen atoms in total. The molecular weight excluding hydrogens is 528 g/mol. The topological polar surface area (TPSA) is 90.9 Å². The molecule has 0 heterocycles. The van der Waals surface area contributed by atoms with E-state index >= 15 is 0 Å². The van der Waals surface area contributed by atoms with Crippen LogP contribution in [0.15, 0.2) is 0 Å². The van der Waals surface area contributed by atoms with E-state index in [2.05, 4.69) is 20.8 Å². The van der Waals surface area contributed by atoms with Crippen molar-refractivity contribution in [1.29, 1.82) is 0 Å². The summed E-state index contributed by atoms with van der Waals surface area (Å²) in [6.45, 7) is 22.6. The maximum atomic E-state index is 12.4. The lowest BCUT2D eigenvalue weighted by molar-refractivity contribution is -0.127. The summed E-state index contributed by atoms with van der Waals surface area (Å²) < 4.78 is 47.4. The van der Waals surface area contributed by atoms with Crippen LogP contribution < -0.4 is 0 Å². The monoisotopic (exact) mass is 592 g/mol. The number of hydrogen-bond donors (Lipinski definition) is 0. The summed E-state index contributed by atoms with van der Waals surface area (Å²) in [4.78, 5) is 12.4. The van der Waals surface area contributed by atoms with E-state index in [4.69, 9.17) is 37.9 Å². The minimum Gasteiger partial charge on any atom is -0.381 e. The van der Waals surface area contributed by atoms with Crippen LogP contribution in [-0.4, -0.2) is 111 Å². The van der Waals surface area contributed by atoms with Gasteiger partial charge in [-0.2, -0.15) is 0 Å². The second kappa shape index (κ2) is 26.9. The first-order valence-electron chi connectivity index (χ1n) is 16.0. The number of rotatable bonds is 32. The highest BCUT2D eigenvalue weighted by Crippen LogP contribution is 2.23. The molecule has 0 aromatic rings. The normalized spacial score (nSPS) is 13.1. The molecule has 0 N–H and O–H groups in total. The van der Waals surface area contributed by atoms with Gasteiger partial charge in [0.05, 0.1) is 70.3 Å². The highest BCUT2D eigenvalue weighted by molar-refractivity contribution is 5.78. The quantitative estimate of drug-likeness (QED) is 0.0957. The number of Topliss-reactive ketones (excluding diaryl/α,β-unsaturated/α-hetero) is 1. The Labute approximate surface area is 251 Å². The number of hydrogen-bond acceptors (Lipinski definition) is 9. The first-order chi connectivity index (χ1) is 19.9. The van der Waals surface area contributed by atoms with Crippen LogP contribution in [-0.2, 0) is 42.7 Å². The maximum Gasteiger partial charge on any atom is 0.135 e. The van der Waals surface area contributed by atoms with E-state index in [0.29, 0.717) is 112 Å². The Morgan fingerprint density at radius 3 is 1.20 bits per heavy atom. The average molecular weight is 593 g/mol. The second-order valence-electron chi connectivity index (χ2n) is 11.1. The van der Waals surface area contributed by atoms with Gasteiger partial charge < -0.3 is 37.9 Å². The van der Waals surface area contributed by atoms with Crippen LogP contribution in [0.5, 0.6) is 0 Å². The van der Waals surface area contributed by atoms with Crippen molar-refractivity contribution in [3.8, 4) is 0 Å². The molecule has 0 amide bonds. The van der Waals surface area contributed by atoms with E-state index < -0.39 is 5.41 Å². The van der Waals surface area contributed by atoms with Crippen molar-refractivity contribution in [2.45, 2.75) is 80.6 Å². The van der Waals surface area contributed by atoms with Crippen molar-refractivity contribution in [1.82, 2.24) is 0 Å². The Balaban J connectivity index is 5.01. The predicted molar refractivity (Wildman–Crippen MR) is 163 cm³/mol. The number of ketones is 1. The predicted octanol–water partition coefficient (Wildman–Crippen LogP) is 5.37. The maximum absolute atomic E-state index is 12.4. The minimum absolute atomic E-state index is 0.123. The van der Waals surface area contributed by atoms with E-state index in [0.717, 1.165) is 25.7 Å². The van der Waals surface area contributed by atoms with Crippen LogP contribution in [0.2, 0.25) is 0 Å². The SMILES string of the molecule is CCCOCC(COCCC)(COCCC)COCCCC(COCC(COCC)(COCC)COCC)C(C)=O. The third-order valence-corrected chi connectivity index (χ3v) is 6.66. The summed E-state index contributed by atoms with van der Waals surface area (Å²) >= 11 is 0. The molecule has 0 rings (SSSR count). The third-order valence-electron chi connectivity index (χ3n) is 6.66. The van der Waals surface area contributed by atoms with Gasteiger partial charge in [-0.15, -0.1) is 0 Å². The molecule has 1 atom stereocenters. The van der Waals surface area contributed by atoms with Crippen LogP contribution in [0.1, 0.15) is 80.6 Å². The zero-order chi connectivity index (χ0) is 30.7. The van der Waals surface area contributed by atoms with Gasteiger partial charge in [0.15, 0.2) is 0 Å². The molecule has 0 radical (unpaired) electrons. The average Bonchev–Trinajstić information content (AvgIpc) is 2.96. The summed E-state index contributed by atoms with van der Waals surface area (Å²) in [5, 5.41) is 0. The molecule has 0 aliphatic carbocycles. The molecule has 0 fully saturated rings. The standard InChI is InChI=1S/C32H64O9/c1-8-16-37-24-32(25-38-17-9-2,26-39-18-10-3)27-40-19-14-15-30(29(7)33)20-41-28-31(21-34-11-4,22-35-12-5)23-36-13-6/h30H,8-28H2,1-7H3. The van der Waals surface area contributed by atoms with Crippen LogP contribution in [0.4, 0.5) is 0 Å². The second-order valence-corrected chi connectivity index (χ2v) is 11.1. The Bertz CT molecular complexity index is 539. The van der Waals surface area contributed by atoms with Gasteiger partial charge in [-0.3, -0.25) is 4.79 Å². The Hall–Kier alpha value is -0.650. The molecule has 0 aliphatic rings. The third kappa shape index (κ3) is 20.0. The molecule has 0 bridgehead atoms. The highest BCUT2D eigenvalue weighted by Gasteiger charge is 2.34. The van der Waals surface area contributed by atoms with Gasteiger partial charge in [0.25, 0.3) is 0 Å². The van der Waals surface area contributed by atoms with Crippen LogP contribution in [0, 0.1) is 16.7 Å². The van der Waals surface area contributed by atoms with Crippen molar-refractivity contribution in [3.63, 3.8) is 0 Å². The van der Waals surface area contributed by atoms with E-state index in [-0.39, 0.29) is 17.1 Å². The molecule has 9 heteroatoms. The lowest BCUT2D eigenvalue weighted by Gasteiger charge is -2.33. The van der Waals surface area contributed by atoms with Crippen LogP contribution in [0.3, 0.4) is 0 Å². The molecule has 0 spiro atoms. The van der Waals surface area contributed by atoms with E-state index in [9.17, 15) is 4.79 Å². The number of ether oxygens (including phenoxy) is 8. The largest absolute Gasteiger partial charge is 0.381 e. The fraction of sp³-hybridized carbons (Fsp3) is 0.969. The summed E-state index contributed by atoms with van der Waals surface area (Å²) in [6.07, 6.45) is 4.33. The number of carbonyl (C=O) groups excluding carboxylic acids is 1. The lowest BCUT2D eigenvalue weighted by Crippen LogP contribution is -2.42. The van der Waals surface area contributed by atoms with E-state index in [1.807, 2.05) is 20.8 Å². The van der Waals surface area contributed by atoms with Crippen molar-refractivity contribution in [3.05, 3.63) is 0 Å². The lowest BCUT2D eigenvalue weighted by atomic mass is 9.91. The van der Waals surface area contributed by atoms with Crippen LogP contribution >= 0.6 is 0 Å². The minimum atomic E-state index is -0.407. The van der Waals surface area contributed by atoms with Crippen molar-refractivity contribution in [2.75, 3.05) is 106 Å². The van der Waals surface area contributed by atoms with Crippen LogP contribution in [0.25, 0.3) is 0 Å². The Kier molecular flexibility index (Phi) is 26.5. The zero-order valence-corrected chi connectivity index (χ0v) is 27.6. The number of carbonyl (C=O) groups is 1. The van der Waals surface area contributed by atoms with Gasteiger partial charge in [0, 0.05) is 52.2 Å². The fourth-order valence-corrected chi connectivity index (χ4v) is 4.30. The summed E-state index contributed by atoms with van der Waals surface area (Å²) in [5.74, 6) is -0.0701. The first-order valence-corrected chi connectivity index (χ1v) is 16.0. The molecular formula is C32H64O9. The van der Waals surface area contributed by atoms with Gasteiger partial charge >= 0.3 is 0 Å². The van der Waals surface area contributed by atoms with E-state index in [1.54, 1.807) is 6.92 Å².